The predicted octanol–water partition coefficient (Wildman–Crippen LogP) is 2.80. The van der Waals surface area contributed by atoms with Crippen LogP contribution in [0.15, 0.2) is 42.7 Å². The second-order valence-electron chi connectivity index (χ2n) is 8.05. The fraction of sp³-hybridized carbons (Fsp3) is 0.565. The van der Waals surface area contributed by atoms with Crippen LogP contribution in [0.5, 0.6) is 0 Å². The van der Waals surface area contributed by atoms with Gasteiger partial charge in [0.2, 0.25) is 5.95 Å². The van der Waals surface area contributed by atoms with E-state index >= 15 is 0 Å². The zero-order chi connectivity index (χ0) is 19.9. The zero-order valence-electron chi connectivity index (χ0n) is 17.5. The Balaban J connectivity index is 1.26. The van der Waals surface area contributed by atoms with Crippen molar-refractivity contribution in [2.75, 3.05) is 50.8 Å². The highest BCUT2D eigenvalue weighted by atomic mass is 16.5. The van der Waals surface area contributed by atoms with E-state index < -0.39 is 0 Å². The second kappa shape index (κ2) is 10.1. The van der Waals surface area contributed by atoms with E-state index in [1.807, 2.05) is 12.4 Å². The van der Waals surface area contributed by atoms with E-state index in [-0.39, 0.29) is 0 Å². The monoisotopic (exact) mass is 395 g/mol. The molecule has 4 rings (SSSR count). The number of morpholine rings is 1. The molecule has 2 aliphatic heterocycles. The van der Waals surface area contributed by atoms with E-state index in [0.29, 0.717) is 6.04 Å². The first-order valence-corrected chi connectivity index (χ1v) is 11.0. The van der Waals surface area contributed by atoms with E-state index in [1.165, 1.54) is 24.0 Å². The minimum Gasteiger partial charge on any atom is -0.378 e. The van der Waals surface area contributed by atoms with Crippen LogP contribution in [0.3, 0.4) is 0 Å². The fourth-order valence-corrected chi connectivity index (χ4v) is 4.37. The first-order valence-electron chi connectivity index (χ1n) is 11.0. The van der Waals surface area contributed by atoms with Gasteiger partial charge in [0.25, 0.3) is 0 Å². The fourth-order valence-electron chi connectivity index (χ4n) is 4.37. The minimum atomic E-state index is 0.677. The van der Waals surface area contributed by atoms with Crippen LogP contribution in [0.25, 0.3) is 0 Å². The van der Waals surface area contributed by atoms with Crippen molar-refractivity contribution in [3.05, 3.63) is 53.9 Å². The van der Waals surface area contributed by atoms with Crippen molar-refractivity contribution >= 4 is 5.95 Å². The first kappa shape index (κ1) is 20.3. The molecule has 2 aromatic rings. The van der Waals surface area contributed by atoms with Crippen LogP contribution in [-0.4, -0.2) is 71.7 Å². The van der Waals surface area contributed by atoms with E-state index in [2.05, 4.69) is 61.9 Å². The summed E-state index contributed by atoms with van der Waals surface area (Å²) < 4.78 is 5.40. The Bertz CT molecular complexity index is 725. The van der Waals surface area contributed by atoms with Crippen molar-refractivity contribution < 1.29 is 4.74 Å². The molecule has 1 aromatic carbocycles. The number of rotatable bonds is 7. The van der Waals surface area contributed by atoms with Gasteiger partial charge in [-0.1, -0.05) is 37.3 Å². The van der Waals surface area contributed by atoms with Crippen molar-refractivity contribution in [1.29, 1.82) is 0 Å². The molecule has 1 aromatic heterocycles. The molecule has 6 heteroatoms. The molecule has 0 aliphatic carbocycles. The van der Waals surface area contributed by atoms with Crippen LogP contribution in [0.1, 0.15) is 30.9 Å². The summed E-state index contributed by atoms with van der Waals surface area (Å²) in [5.41, 5.74) is 2.62. The molecule has 0 amide bonds. The van der Waals surface area contributed by atoms with Crippen LogP contribution in [0.4, 0.5) is 5.95 Å². The lowest BCUT2D eigenvalue weighted by Crippen LogP contribution is -2.44. The van der Waals surface area contributed by atoms with Gasteiger partial charge in [0.15, 0.2) is 0 Å². The van der Waals surface area contributed by atoms with Gasteiger partial charge in [-0.15, -0.1) is 0 Å². The molecule has 0 bridgehead atoms. The lowest BCUT2D eigenvalue weighted by molar-refractivity contribution is 0.103. The predicted molar refractivity (Wildman–Crippen MR) is 116 cm³/mol. The number of hydrogen-bond acceptors (Lipinski definition) is 6. The number of benzene rings is 1. The van der Waals surface area contributed by atoms with Crippen molar-refractivity contribution in [3.8, 4) is 0 Å². The lowest BCUT2D eigenvalue weighted by Gasteiger charge is -2.38. The third-order valence-electron chi connectivity index (χ3n) is 6.10. The third kappa shape index (κ3) is 5.53. The molecule has 29 heavy (non-hydrogen) atoms. The average molecular weight is 396 g/mol. The number of nitrogens with zero attached hydrogens (tertiary/aromatic N) is 5. The van der Waals surface area contributed by atoms with Gasteiger partial charge in [-0.05, 0) is 38.0 Å². The Morgan fingerprint density at radius 1 is 0.966 bits per heavy atom. The van der Waals surface area contributed by atoms with Gasteiger partial charge in [0.05, 0.1) is 13.2 Å². The van der Waals surface area contributed by atoms with Gasteiger partial charge in [-0.3, -0.25) is 9.80 Å². The smallest absolute Gasteiger partial charge is 0.225 e. The Labute approximate surface area is 174 Å². The highest BCUT2D eigenvalue weighted by molar-refractivity contribution is 5.30. The summed E-state index contributed by atoms with van der Waals surface area (Å²) in [6, 6.07) is 11.5. The van der Waals surface area contributed by atoms with Crippen molar-refractivity contribution in [2.24, 2.45) is 0 Å². The van der Waals surface area contributed by atoms with Gasteiger partial charge in [0, 0.05) is 50.2 Å². The van der Waals surface area contributed by atoms with Gasteiger partial charge >= 0.3 is 0 Å². The van der Waals surface area contributed by atoms with E-state index in [4.69, 9.17) is 4.74 Å². The standard InChI is InChI=1S/C23H33N5O/c1-2-27(19-20-6-4-3-5-7-20)22-8-10-26(11-9-22)18-21-16-24-23(25-17-21)28-12-14-29-15-13-28/h3-7,16-17,22H,2,8-15,18-19H2,1H3. The van der Waals surface area contributed by atoms with E-state index in [1.54, 1.807) is 0 Å². The number of likely N-dealkylation sites (tertiary alicyclic amines) is 1. The van der Waals surface area contributed by atoms with Crippen LogP contribution in [0, 0.1) is 0 Å². The Kier molecular flexibility index (Phi) is 7.09. The maximum atomic E-state index is 5.40. The largest absolute Gasteiger partial charge is 0.378 e. The molecule has 2 saturated heterocycles. The average Bonchev–Trinajstić information content (AvgIpc) is 2.80. The maximum Gasteiger partial charge on any atom is 0.225 e. The van der Waals surface area contributed by atoms with Crippen LogP contribution in [0.2, 0.25) is 0 Å². The molecule has 6 nitrogen and oxygen atoms in total. The normalized spacial score (nSPS) is 19.0. The topological polar surface area (TPSA) is 44.7 Å². The second-order valence-corrected chi connectivity index (χ2v) is 8.05. The molecular weight excluding hydrogens is 362 g/mol. The molecule has 0 unspecified atom stereocenters. The van der Waals surface area contributed by atoms with E-state index in [0.717, 1.165) is 65.0 Å². The summed E-state index contributed by atoms with van der Waals surface area (Å²) >= 11 is 0. The Hall–Kier alpha value is -2.02. The summed E-state index contributed by atoms with van der Waals surface area (Å²) in [4.78, 5) is 16.6. The molecule has 0 spiro atoms. The number of aromatic nitrogens is 2. The first-order chi connectivity index (χ1) is 14.3. The summed E-state index contributed by atoms with van der Waals surface area (Å²) in [6.07, 6.45) is 6.45. The summed E-state index contributed by atoms with van der Waals surface area (Å²) in [5.74, 6) is 0.829. The molecule has 3 heterocycles. The van der Waals surface area contributed by atoms with Crippen LogP contribution >= 0.6 is 0 Å². The van der Waals surface area contributed by atoms with Gasteiger partial charge in [-0.2, -0.15) is 0 Å². The Morgan fingerprint density at radius 2 is 1.66 bits per heavy atom. The van der Waals surface area contributed by atoms with Gasteiger partial charge < -0.3 is 9.64 Å². The number of piperidine rings is 1. The number of anilines is 1. The summed E-state index contributed by atoms with van der Waals surface area (Å²) in [6.45, 7) is 11.0. The summed E-state index contributed by atoms with van der Waals surface area (Å²) in [5, 5.41) is 0. The minimum absolute atomic E-state index is 0.677. The molecule has 0 saturated carbocycles. The summed E-state index contributed by atoms with van der Waals surface area (Å²) in [7, 11) is 0. The van der Waals surface area contributed by atoms with Gasteiger partial charge in [-0.25, -0.2) is 9.97 Å². The third-order valence-corrected chi connectivity index (χ3v) is 6.10. The highest BCUT2D eigenvalue weighted by Gasteiger charge is 2.24. The molecule has 2 aliphatic rings. The quantitative estimate of drug-likeness (QED) is 0.718. The zero-order valence-corrected chi connectivity index (χ0v) is 17.5. The highest BCUT2D eigenvalue weighted by Crippen LogP contribution is 2.20. The van der Waals surface area contributed by atoms with Crippen molar-refractivity contribution in [1.82, 2.24) is 19.8 Å². The van der Waals surface area contributed by atoms with Crippen LogP contribution in [-0.2, 0) is 17.8 Å². The molecule has 0 radical (unpaired) electrons. The van der Waals surface area contributed by atoms with E-state index in [9.17, 15) is 0 Å². The Morgan fingerprint density at radius 3 is 2.31 bits per heavy atom. The number of ether oxygens (including phenoxy) is 1. The molecule has 156 valence electrons. The van der Waals surface area contributed by atoms with Crippen molar-refractivity contribution in [3.63, 3.8) is 0 Å². The lowest BCUT2D eigenvalue weighted by atomic mass is 10.0. The molecule has 2 fully saturated rings. The van der Waals surface area contributed by atoms with Gasteiger partial charge in [0.1, 0.15) is 0 Å². The van der Waals surface area contributed by atoms with Crippen LogP contribution < -0.4 is 4.90 Å². The molecule has 0 atom stereocenters. The molecule has 0 N–H and O–H groups in total. The SMILES string of the molecule is CCN(Cc1ccccc1)C1CCN(Cc2cnc(N3CCOCC3)nc2)CC1. The van der Waals surface area contributed by atoms with Crippen molar-refractivity contribution in [2.45, 2.75) is 38.9 Å². The molecular formula is C23H33N5O. The number of hydrogen-bond donors (Lipinski definition) is 0. The maximum absolute atomic E-state index is 5.40.